The fourth-order valence-corrected chi connectivity index (χ4v) is 5.86. The van der Waals surface area contributed by atoms with E-state index in [1.807, 2.05) is 37.3 Å². The number of nitrogens with zero attached hydrogens (tertiary/aromatic N) is 1. The summed E-state index contributed by atoms with van der Waals surface area (Å²) in [4.78, 5) is 26.8. The van der Waals surface area contributed by atoms with Gasteiger partial charge in [0.1, 0.15) is 17.8 Å². The highest BCUT2D eigenvalue weighted by molar-refractivity contribution is 7.99. The number of hydrogen-bond acceptors (Lipinski definition) is 6. The quantitative estimate of drug-likeness (QED) is 0.201. The Bertz CT molecular complexity index is 1030. The van der Waals surface area contributed by atoms with Gasteiger partial charge in [0.2, 0.25) is 5.76 Å². The lowest BCUT2D eigenvalue weighted by Gasteiger charge is -2.31. The Morgan fingerprint density at radius 3 is 2.59 bits per heavy atom. The summed E-state index contributed by atoms with van der Waals surface area (Å²) in [5.41, 5.74) is 0.893. The van der Waals surface area contributed by atoms with Crippen molar-refractivity contribution in [2.75, 3.05) is 6.61 Å². The first-order valence-corrected chi connectivity index (χ1v) is 14.5. The summed E-state index contributed by atoms with van der Waals surface area (Å²) in [7, 11) is 0. The van der Waals surface area contributed by atoms with E-state index >= 15 is 0 Å². The van der Waals surface area contributed by atoms with Gasteiger partial charge in [-0.3, -0.25) is 4.79 Å². The molecule has 0 spiro atoms. The normalized spacial score (nSPS) is 17.1. The zero-order valence-electron chi connectivity index (χ0n) is 22.8. The van der Waals surface area contributed by atoms with Crippen LogP contribution in [0.1, 0.15) is 96.0 Å². The maximum absolute atomic E-state index is 13.4. The molecule has 0 saturated heterocycles. The molecule has 37 heavy (non-hydrogen) atoms. The average molecular weight is 527 g/mol. The van der Waals surface area contributed by atoms with E-state index in [-0.39, 0.29) is 30.2 Å². The van der Waals surface area contributed by atoms with Crippen LogP contribution in [0.3, 0.4) is 0 Å². The third-order valence-electron chi connectivity index (χ3n) is 7.39. The fourth-order valence-electron chi connectivity index (χ4n) is 4.93. The molecule has 1 N–H and O–H groups in total. The summed E-state index contributed by atoms with van der Waals surface area (Å²) < 4.78 is 11.7. The molecule has 1 aromatic heterocycles. The van der Waals surface area contributed by atoms with E-state index < -0.39 is 5.41 Å². The van der Waals surface area contributed by atoms with Crippen LogP contribution in [-0.2, 0) is 4.79 Å². The molecule has 0 radical (unpaired) electrons. The molecular formula is C30H42N2O4S. The Morgan fingerprint density at radius 2 is 1.95 bits per heavy atom. The van der Waals surface area contributed by atoms with Crippen molar-refractivity contribution in [3.63, 3.8) is 0 Å². The van der Waals surface area contributed by atoms with Gasteiger partial charge >= 0.3 is 0 Å². The first-order valence-electron chi connectivity index (χ1n) is 13.7. The molecule has 3 rings (SSSR count). The van der Waals surface area contributed by atoms with Gasteiger partial charge in [-0.1, -0.05) is 87.6 Å². The number of rotatable bonds is 14. The maximum atomic E-state index is 13.4. The van der Waals surface area contributed by atoms with Crippen LogP contribution < -0.4 is 10.1 Å². The lowest BCUT2D eigenvalue weighted by molar-refractivity contribution is -0.119. The Balaban J connectivity index is 1.78. The molecule has 202 valence electrons. The van der Waals surface area contributed by atoms with Gasteiger partial charge in [-0.25, -0.2) is 0 Å². The summed E-state index contributed by atoms with van der Waals surface area (Å²) >= 11 is 1.39. The van der Waals surface area contributed by atoms with Gasteiger partial charge in [0, 0.05) is 10.9 Å². The van der Waals surface area contributed by atoms with Crippen molar-refractivity contribution in [2.24, 2.45) is 11.3 Å². The molecule has 7 heteroatoms. The SMILES string of the molecule is CCC/C(C)=C\CC(CC)C(C)NC(=O)c1onc(OCC2(C=O)CCCCC2)c1Sc1ccccc1. The highest BCUT2D eigenvalue weighted by atomic mass is 32.2. The lowest BCUT2D eigenvalue weighted by Crippen LogP contribution is -2.38. The van der Waals surface area contributed by atoms with Gasteiger partial charge in [-0.15, -0.1) is 0 Å². The molecule has 0 bridgehead atoms. The summed E-state index contributed by atoms with van der Waals surface area (Å²) in [6.07, 6.45) is 12.3. The third kappa shape index (κ3) is 8.22. The van der Waals surface area contributed by atoms with Gasteiger partial charge in [0.15, 0.2) is 0 Å². The molecule has 2 aromatic rings. The molecule has 0 aliphatic heterocycles. The molecule has 6 nitrogen and oxygen atoms in total. The van der Waals surface area contributed by atoms with E-state index in [0.29, 0.717) is 10.8 Å². The smallest absolute Gasteiger partial charge is 0.291 e. The molecule has 2 atom stereocenters. The van der Waals surface area contributed by atoms with E-state index in [4.69, 9.17) is 9.26 Å². The summed E-state index contributed by atoms with van der Waals surface area (Å²) in [5.74, 6) is 0.429. The van der Waals surface area contributed by atoms with Crippen molar-refractivity contribution in [1.82, 2.24) is 10.5 Å². The summed E-state index contributed by atoms with van der Waals surface area (Å²) in [5, 5.41) is 7.27. The monoisotopic (exact) mass is 526 g/mol. The fraction of sp³-hybridized carbons (Fsp3) is 0.567. The van der Waals surface area contributed by atoms with Gasteiger partial charge in [0.25, 0.3) is 11.8 Å². The summed E-state index contributed by atoms with van der Waals surface area (Å²) in [6.45, 7) is 8.80. The highest BCUT2D eigenvalue weighted by Crippen LogP contribution is 2.40. The average Bonchev–Trinajstić information content (AvgIpc) is 3.31. The number of aromatic nitrogens is 1. The largest absolute Gasteiger partial charge is 0.474 e. The van der Waals surface area contributed by atoms with E-state index in [1.165, 1.54) is 17.3 Å². The lowest BCUT2D eigenvalue weighted by atomic mass is 9.76. The molecule has 2 unspecified atom stereocenters. The second-order valence-corrected chi connectivity index (χ2v) is 11.4. The van der Waals surface area contributed by atoms with Crippen molar-refractivity contribution >= 4 is 24.0 Å². The number of hydrogen-bond donors (Lipinski definition) is 1. The molecule has 1 aliphatic carbocycles. The maximum Gasteiger partial charge on any atom is 0.291 e. The standard InChI is InChI=1S/C30H42N2O4S/c1-5-13-22(3)16-17-24(6-2)23(4)31-28(34)26-27(37-25-14-9-7-10-15-25)29(32-36-26)35-21-30(20-33)18-11-8-12-19-30/h7,9-10,14-16,20,23-24H,5-6,8,11-13,17-19,21H2,1-4H3,(H,31,34)/b22-16-. The van der Waals surface area contributed by atoms with Crippen LogP contribution in [0.2, 0.25) is 0 Å². The van der Waals surface area contributed by atoms with Crippen LogP contribution in [0.25, 0.3) is 0 Å². The molecular weight excluding hydrogens is 484 g/mol. The number of amides is 1. The summed E-state index contributed by atoms with van der Waals surface area (Å²) in [6, 6.07) is 9.74. The molecule has 1 amide bonds. The molecule has 1 fully saturated rings. The minimum absolute atomic E-state index is 0.0345. The topological polar surface area (TPSA) is 81.4 Å². The van der Waals surface area contributed by atoms with Gasteiger partial charge in [0.05, 0.1) is 5.41 Å². The van der Waals surface area contributed by atoms with Crippen LogP contribution in [0, 0.1) is 11.3 Å². The van der Waals surface area contributed by atoms with Crippen molar-refractivity contribution < 1.29 is 18.8 Å². The van der Waals surface area contributed by atoms with Crippen LogP contribution in [0.5, 0.6) is 5.88 Å². The van der Waals surface area contributed by atoms with E-state index in [0.717, 1.165) is 69.0 Å². The van der Waals surface area contributed by atoms with Gasteiger partial charge in [-0.05, 0) is 62.7 Å². The van der Waals surface area contributed by atoms with Crippen molar-refractivity contribution in [3.8, 4) is 5.88 Å². The predicted molar refractivity (Wildman–Crippen MR) is 148 cm³/mol. The zero-order valence-corrected chi connectivity index (χ0v) is 23.6. The van der Waals surface area contributed by atoms with Crippen molar-refractivity contribution in [2.45, 2.75) is 101 Å². The third-order valence-corrected chi connectivity index (χ3v) is 8.46. The first kappa shape index (κ1) is 29.0. The van der Waals surface area contributed by atoms with Crippen LogP contribution in [-0.4, -0.2) is 30.0 Å². The molecule has 1 saturated carbocycles. The number of allylic oxidation sites excluding steroid dienone is 2. The number of aldehydes is 1. The second kappa shape index (κ2) is 14.4. The number of benzene rings is 1. The predicted octanol–water partition coefficient (Wildman–Crippen LogP) is 7.64. The second-order valence-electron chi connectivity index (χ2n) is 10.4. The minimum atomic E-state index is -0.499. The zero-order chi connectivity index (χ0) is 26.7. The van der Waals surface area contributed by atoms with Crippen LogP contribution in [0.4, 0.5) is 0 Å². The Hall–Kier alpha value is -2.54. The molecule has 1 aliphatic rings. The van der Waals surface area contributed by atoms with E-state index in [1.54, 1.807) is 0 Å². The van der Waals surface area contributed by atoms with Crippen molar-refractivity contribution in [1.29, 1.82) is 0 Å². The Kier molecular flexibility index (Phi) is 11.3. The number of carbonyl (C=O) groups excluding carboxylic acids is 2. The first-order chi connectivity index (χ1) is 17.9. The van der Waals surface area contributed by atoms with Gasteiger partial charge < -0.3 is 19.4 Å². The van der Waals surface area contributed by atoms with E-state index in [2.05, 4.69) is 37.3 Å². The molecule has 1 aromatic carbocycles. The Morgan fingerprint density at radius 1 is 1.22 bits per heavy atom. The van der Waals surface area contributed by atoms with Gasteiger partial charge in [-0.2, -0.15) is 0 Å². The number of nitrogens with one attached hydrogen (secondary N) is 1. The van der Waals surface area contributed by atoms with E-state index in [9.17, 15) is 9.59 Å². The number of carbonyl (C=O) groups is 2. The molecule has 1 heterocycles. The minimum Gasteiger partial charge on any atom is -0.474 e. The van der Waals surface area contributed by atoms with Crippen LogP contribution >= 0.6 is 11.8 Å². The van der Waals surface area contributed by atoms with Crippen LogP contribution in [0.15, 0.2) is 56.3 Å². The number of ether oxygens (including phenoxy) is 1. The Labute approximate surface area is 226 Å². The van der Waals surface area contributed by atoms with Crippen molar-refractivity contribution in [3.05, 3.63) is 47.7 Å². The highest BCUT2D eigenvalue weighted by Gasteiger charge is 2.34.